The second-order valence-corrected chi connectivity index (χ2v) is 7.13. The number of benzene rings is 1. The summed E-state index contributed by atoms with van der Waals surface area (Å²) in [6, 6.07) is 4.35. The van der Waals surface area contributed by atoms with Crippen molar-refractivity contribution in [1.82, 2.24) is 10.2 Å². The van der Waals surface area contributed by atoms with E-state index in [9.17, 15) is 14.3 Å². The fraction of sp³-hybridized carbons (Fsp3) is 0.611. The number of halogens is 1. The highest BCUT2D eigenvalue weighted by molar-refractivity contribution is 5.76. The maximum absolute atomic E-state index is 13.8. The highest BCUT2D eigenvalue weighted by atomic mass is 19.1. The van der Waals surface area contributed by atoms with Crippen LogP contribution in [0.1, 0.15) is 37.3 Å². The van der Waals surface area contributed by atoms with E-state index < -0.39 is 0 Å². The third-order valence-electron chi connectivity index (χ3n) is 5.68. The van der Waals surface area contributed by atoms with Crippen LogP contribution in [0.25, 0.3) is 0 Å². The lowest BCUT2D eigenvalue weighted by molar-refractivity contribution is 0.122. The first kappa shape index (κ1) is 15.7. The minimum atomic E-state index is -0.332. The van der Waals surface area contributed by atoms with Gasteiger partial charge in [0.1, 0.15) is 11.6 Å². The molecule has 4 rings (SSSR count). The smallest absolute Gasteiger partial charge is 0.318 e. The van der Waals surface area contributed by atoms with Crippen LogP contribution in [0.15, 0.2) is 18.2 Å². The number of nitrogens with one attached hydrogen (secondary N) is 1. The average molecular weight is 334 g/mol. The van der Waals surface area contributed by atoms with E-state index >= 15 is 0 Å². The molecule has 3 aliphatic rings. The van der Waals surface area contributed by atoms with Crippen molar-refractivity contribution in [3.05, 3.63) is 29.6 Å². The van der Waals surface area contributed by atoms with Gasteiger partial charge >= 0.3 is 6.03 Å². The van der Waals surface area contributed by atoms with Crippen LogP contribution in [0.3, 0.4) is 0 Å². The van der Waals surface area contributed by atoms with Gasteiger partial charge in [0.15, 0.2) is 0 Å². The number of urea groups is 1. The van der Waals surface area contributed by atoms with Gasteiger partial charge in [0, 0.05) is 36.6 Å². The van der Waals surface area contributed by atoms with Crippen molar-refractivity contribution in [2.24, 2.45) is 11.8 Å². The second-order valence-electron chi connectivity index (χ2n) is 7.13. The zero-order valence-electron chi connectivity index (χ0n) is 13.6. The van der Waals surface area contributed by atoms with Gasteiger partial charge in [-0.1, -0.05) is 12.8 Å². The summed E-state index contributed by atoms with van der Waals surface area (Å²) in [5.41, 5.74) is 0.712. The molecule has 0 unspecified atom stereocenters. The normalized spacial score (nSPS) is 29.1. The van der Waals surface area contributed by atoms with Crippen molar-refractivity contribution >= 4 is 6.03 Å². The molecule has 0 bridgehead atoms. The summed E-state index contributed by atoms with van der Waals surface area (Å²) < 4.78 is 19.5. The minimum Gasteiger partial charge on any atom is -0.493 e. The largest absolute Gasteiger partial charge is 0.493 e. The second kappa shape index (κ2) is 6.24. The summed E-state index contributed by atoms with van der Waals surface area (Å²) in [6.07, 6.45) is 4.34. The molecule has 1 saturated carbocycles. The summed E-state index contributed by atoms with van der Waals surface area (Å²) in [7, 11) is 0. The van der Waals surface area contributed by atoms with Gasteiger partial charge < -0.3 is 20.1 Å². The first-order valence-corrected chi connectivity index (χ1v) is 8.77. The van der Waals surface area contributed by atoms with Gasteiger partial charge in [-0.25, -0.2) is 9.18 Å². The average Bonchev–Trinajstić information content (AvgIpc) is 3.21. The summed E-state index contributed by atoms with van der Waals surface area (Å²) in [4.78, 5) is 14.6. The van der Waals surface area contributed by atoms with Crippen LogP contribution < -0.4 is 10.1 Å². The van der Waals surface area contributed by atoms with E-state index in [2.05, 4.69) is 5.32 Å². The number of hydrogen-bond donors (Lipinski definition) is 2. The lowest BCUT2D eigenvalue weighted by Gasteiger charge is -2.34. The van der Waals surface area contributed by atoms with Crippen molar-refractivity contribution in [1.29, 1.82) is 0 Å². The van der Waals surface area contributed by atoms with Gasteiger partial charge in [-0.15, -0.1) is 0 Å². The molecule has 2 aliphatic heterocycles. The van der Waals surface area contributed by atoms with Crippen molar-refractivity contribution in [2.45, 2.75) is 37.8 Å². The lowest BCUT2D eigenvalue weighted by atomic mass is 9.86. The molecule has 130 valence electrons. The molecule has 1 aromatic rings. The Balaban J connectivity index is 1.63. The zero-order valence-corrected chi connectivity index (χ0v) is 13.6. The maximum Gasteiger partial charge on any atom is 0.318 e. The van der Waals surface area contributed by atoms with Crippen LogP contribution in [0.4, 0.5) is 9.18 Å². The third-order valence-corrected chi connectivity index (χ3v) is 5.68. The standard InChI is InChI=1S/C18H23FN2O3/c19-12-5-6-16-14(7-12)17-15(10-24-16)11(9-22)8-21(17)18(23)20-13-3-1-2-4-13/h5-7,11,13,15,17,22H,1-4,8-10H2,(H,20,23)/t11-,15-,17-/m0/s1. The maximum atomic E-state index is 13.8. The van der Waals surface area contributed by atoms with E-state index in [1.807, 2.05) is 0 Å². The molecule has 2 heterocycles. The Morgan fingerprint density at radius 2 is 2.17 bits per heavy atom. The van der Waals surface area contributed by atoms with Crippen LogP contribution in [0, 0.1) is 17.7 Å². The predicted molar refractivity (Wildman–Crippen MR) is 86.2 cm³/mol. The fourth-order valence-electron chi connectivity index (χ4n) is 4.41. The van der Waals surface area contributed by atoms with Crippen molar-refractivity contribution < 1.29 is 19.0 Å². The number of carbonyl (C=O) groups is 1. The van der Waals surface area contributed by atoms with E-state index in [0.29, 0.717) is 24.5 Å². The molecule has 6 heteroatoms. The first-order valence-electron chi connectivity index (χ1n) is 8.77. The molecule has 2 amide bonds. The van der Waals surface area contributed by atoms with Crippen molar-refractivity contribution in [2.75, 3.05) is 19.8 Å². The Hall–Kier alpha value is -1.82. The van der Waals surface area contributed by atoms with Crippen LogP contribution in [0.5, 0.6) is 5.75 Å². The van der Waals surface area contributed by atoms with Gasteiger partial charge in [0.25, 0.3) is 0 Å². The van der Waals surface area contributed by atoms with E-state index in [0.717, 1.165) is 25.7 Å². The van der Waals surface area contributed by atoms with Crippen LogP contribution in [-0.2, 0) is 0 Å². The predicted octanol–water partition coefficient (Wildman–Crippen LogP) is 2.45. The Bertz CT molecular complexity index is 633. The Morgan fingerprint density at radius 1 is 1.38 bits per heavy atom. The topological polar surface area (TPSA) is 61.8 Å². The molecule has 0 radical (unpaired) electrons. The Kier molecular flexibility index (Phi) is 4.08. The lowest BCUT2D eigenvalue weighted by Crippen LogP contribution is -2.45. The summed E-state index contributed by atoms with van der Waals surface area (Å²) in [6.45, 7) is 0.924. The number of amides is 2. The third kappa shape index (κ3) is 2.62. The highest BCUT2D eigenvalue weighted by Crippen LogP contribution is 2.47. The van der Waals surface area contributed by atoms with Crippen molar-refractivity contribution in [3.8, 4) is 5.75 Å². The molecule has 0 spiro atoms. The van der Waals surface area contributed by atoms with Gasteiger partial charge in [-0.3, -0.25) is 0 Å². The molecule has 2 fully saturated rings. The van der Waals surface area contributed by atoms with Gasteiger partial charge in [0.2, 0.25) is 0 Å². The number of carbonyl (C=O) groups excluding carboxylic acids is 1. The van der Waals surface area contributed by atoms with Gasteiger partial charge in [-0.2, -0.15) is 0 Å². The van der Waals surface area contributed by atoms with Gasteiger partial charge in [-0.05, 0) is 31.0 Å². The van der Waals surface area contributed by atoms with Crippen LogP contribution in [0.2, 0.25) is 0 Å². The number of aliphatic hydroxyl groups excluding tert-OH is 1. The van der Waals surface area contributed by atoms with E-state index in [4.69, 9.17) is 4.74 Å². The molecule has 1 aliphatic carbocycles. The minimum absolute atomic E-state index is 0.00127. The van der Waals surface area contributed by atoms with Crippen LogP contribution in [-0.4, -0.2) is 41.8 Å². The number of aliphatic hydroxyl groups is 1. The molecule has 24 heavy (non-hydrogen) atoms. The number of nitrogens with zero attached hydrogens (tertiary/aromatic N) is 1. The number of ether oxygens (including phenoxy) is 1. The molecule has 0 aromatic heterocycles. The fourth-order valence-corrected chi connectivity index (χ4v) is 4.41. The summed E-state index contributed by atoms with van der Waals surface area (Å²) in [5.74, 6) is 0.260. The molecule has 2 N–H and O–H groups in total. The van der Waals surface area contributed by atoms with E-state index in [1.54, 1.807) is 11.0 Å². The summed E-state index contributed by atoms with van der Waals surface area (Å²) >= 11 is 0. The van der Waals surface area contributed by atoms with Crippen molar-refractivity contribution in [3.63, 3.8) is 0 Å². The summed E-state index contributed by atoms with van der Waals surface area (Å²) in [5, 5.41) is 12.8. The molecular formula is C18H23FN2O3. The molecular weight excluding hydrogens is 311 g/mol. The molecule has 5 nitrogen and oxygen atoms in total. The number of likely N-dealkylation sites (tertiary alicyclic amines) is 1. The Labute approximate surface area is 140 Å². The van der Waals surface area contributed by atoms with Gasteiger partial charge in [0.05, 0.1) is 12.6 Å². The quantitative estimate of drug-likeness (QED) is 0.873. The van der Waals surface area contributed by atoms with E-state index in [1.165, 1.54) is 12.1 Å². The number of fused-ring (bicyclic) bond motifs is 3. The zero-order chi connectivity index (χ0) is 16.7. The molecule has 1 saturated heterocycles. The highest BCUT2D eigenvalue weighted by Gasteiger charge is 2.48. The van der Waals surface area contributed by atoms with E-state index in [-0.39, 0.29) is 42.4 Å². The molecule has 3 atom stereocenters. The monoisotopic (exact) mass is 334 g/mol. The first-order chi connectivity index (χ1) is 11.7. The number of hydrogen-bond acceptors (Lipinski definition) is 3. The SMILES string of the molecule is O=C(NC1CCCC1)N1C[C@@H](CO)[C@@H]2COc3ccc(F)cc3[C@@H]21. The molecule has 1 aromatic carbocycles. The van der Waals surface area contributed by atoms with Crippen LogP contribution >= 0.6 is 0 Å². The number of rotatable bonds is 2. The Morgan fingerprint density at radius 3 is 2.92 bits per heavy atom.